The molecule has 0 bridgehead atoms. The number of amides is 2. The molecule has 5 N–H and O–H groups in total. The third-order valence-electron chi connectivity index (χ3n) is 5.74. The van der Waals surface area contributed by atoms with Crippen LogP contribution in [0.4, 0.5) is 13.2 Å². The van der Waals surface area contributed by atoms with Crippen molar-refractivity contribution in [2.24, 2.45) is 11.7 Å². The predicted molar refractivity (Wildman–Crippen MR) is 118 cm³/mol. The fraction of sp³-hybridized carbons (Fsp3) is 0.727. The monoisotopic (exact) mass is 509 g/mol. The lowest BCUT2D eigenvalue weighted by Gasteiger charge is -2.37. The van der Waals surface area contributed by atoms with Gasteiger partial charge >= 0.3 is 18.1 Å². The first-order valence-electron chi connectivity index (χ1n) is 11.5. The van der Waals surface area contributed by atoms with E-state index in [0.29, 0.717) is 19.0 Å². The van der Waals surface area contributed by atoms with E-state index in [1.807, 2.05) is 6.92 Å². The van der Waals surface area contributed by atoms with Gasteiger partial charge in [-0.15, -0.1) is 0 Å². The molecule has 1 saturated carbocycles. The van der Waals surface area contributed by atoms with Crippen molar-refractivity contribution in [3.8, 4) is 0 Å². The molecule has 13 heteroatoms. The van der Waals surface area contributed by atoms with E-state index in [-0.39, 0.29) is 17.6 Å². The maximum Gasteiger partial charge on any atom is 0.490 e. The lowest BCUT2D eigenvalue weighted by Crippen LogP contribution is -2.61. The summed E-state index contributed by atoms with van der Waals surface area (Å²) in [5, 5.41) is 19.1. The van der Waals surface area contributed by atoms with Gasteiger partial charge in [-0.2, -0.15) is 13.2 Å². The zero-order valence-corrected chi connectivity index (χ0v) is 19.8. The van der Waals surface area contributed by atoms with Gasteiger partial charge in [0.25, 0.3) is 5.91 Å². The quantitative estimate of drug-likeness (QED) is 0.387. The Balaban J connectivity index is 0.000000762. The molecule has 200 valence electrons. The van der Waals surface area contributed by atoms with Gasteiger partial charge in [0, 0.05) is 20.0 Å². The Bertz CT molecular complexity index is 783. The molecule has 1 aliphatic heterocycles. The summed E-state index contributed by atoms with van der Waals surface area (Å²) in [4.78, 5) is 46.8. The minimum Gasteiger partial charge on any atom is -0.475 e. The van der Waals surface area contributed by atoms with Gasteiger partial charge in [0.05, 0.1) is 12.1 Å². The van der Waals surface area contributed by atoms with Crippen molar-refractivity contribution in [3.05, 3.63) is 11.8 Å². The summed E-state index contributed by atoms with van der Waals surface area (Å²) in [6.07, 6.45) is 2.86. The van der Waals surface area contributed by atoms with Crippen LogP contribution in [0.3, 0.4) is 0 Å². The van der Waals surface area contributed by atoms with Gasteiger partial charge in [0.1, 0.15) is 0 Å². The highest BCUT2D eigenvalue weighted by Crippen LogP contribution is 2.27. The molecule has 2 rings (SSSR count). The number of rotatable bonds is 8. The predicted octanol–water partition coefficient (Wildman–Crippen LogP) is 2.03. The first-order valence-corrected chi connectivity index (χ1v) is 11.5. The van der Waals surface area contributed by atoms with E-state index in [9.17, 15) is 32.7 Å². The maximum absolute atomic E-state index is 13.2. The molecule has 0 spiro atoms. The van der Waals surface area contributed by atoms with Gasteiger partial charge in [-0.1, -0.05) is 39.0 Å². The molecular weight excluding hydrogens is 475 g/mol. The van der Waals surface area contributed by atoms with E-state index in [2.05, 4.69) is 5.32 Å². The Morgan fingerprint density at radius 3 is 2.17 bits per heavy atom. The molecular formula is C22H34F3N3O7. The van der Waals surface area contributed by atoms with E-state index >= 15 is 0 Å². The summed E-state index contributed by atoms with van der Waals surface area (Å²) in [7, 11) is 0. The highest BCUT2D eigenvalue weighted by Gasteiger charge is 2.42. The molecule has 0 radical (unpaired) electrons. The summed E-state index contributed by atoms with van der Waals surface area (Å²) in [6, 6.07) is -1.62. The van der Waals surface area contributed by atoms with Crippen molar-refractivity contribution >= 4 is 23.8 Å². The van der Waals surface area contributed by atoms with E-state index in [4.69, 9.17) is 20.4 Å². The third kappa shape index (κ3) is 10.1. The van der Waals surface area contributed by atoms with E-state index < -0.39 is 36.3 Å². The second-order valence-corrected chi connectivity index (χ2v) is 8.60. The molecule has 1 aliphatic carbocycles. The summed E-state index contributed by atoms with van der Waals surface area (Å²) >= 11 is 0. The Kier molecular flexibility index (Phi) is 12.0. The van der Waals surface area contributed by atoms with Gasteiger partial charge < -0.3 is 30.9 Å². The molecule has 0 unspecified atom stereocenters. The molecule has 0 aromatic rings. The fourth-order valence-electron chi connectivity index (χ4n) is 4.06. The van der Waals surface area contributed by atoms with E-state index in [1.165, 1.54) is 45.1 Å². The average Bonchev–Trinajstić information content (AvgIpc) is 2.77. The number of nitrogens with one attached hydrogen (secondary N) is 1. The van der Waals surface area contributed by atoms with Crippen molar-refractivity contribution < 1.29 is 47.3 Å². The van der Waals surface area contributed by atoms with Gasteiger partial charge in [-0.3, -0.25) is 9.59 Å². The summed E-state index contributed by atoms with van der Waals surface area (Å²) in [6.45, 7) is 4.48. The van der Waals surface area contributed by atoms with Crippen LogP contribution < -0.4 is 11.1 Å². The Morgan fingerprint density at radius 1 is 1.14 bits per heavy atom. The number of ether oxygens (including phenoxy) is 1. The first-order chi connectivity index (χ1) is 16.3. The molecule has 2 amide bonds. The molecule has 1 fully saturated rings. The van der Waals surface area contributed by atoms with E-state index in [1.54, 1.807) is 4.90 Å². The molecule has 35 heavy (non-hydrogen) atoms. The average molecular weight is 510 g/mol. The van der Waals surface area contributed by atoms with Gasteiger partial charge in [0.2, 0.25) is 11.7 Å². The number of carboxylic acid groups (broad SMARTS) is 2. The second kappa shape index (κ2) is 13.9. The number of carboxylic acids is 2. The molecule has 0 saturated heterocycles. The molecule has 10 nitrogen and oxygen atoms in total. The van der Waals surface area contributed by atoms with Crippen molar-refractivity contribution in [1.82, 2.24) is 10.2 Å². The van der Waals surface area contributed by atoms with Gasteiger partial charge in [-0.05, 0) is 24.8 Å². The summed E-state index contributed by atoms with van der Waals surface area (Å²) < 4.78 is 37.2. The normalized spacial score (nSPS) is 22.6. The smallest absolute Gasteiger partial charge is 0.475 e. The SMILES string of the molecule is CCCN(CCC1CCCCC1)C(=O)[C@@H]1OC(C(=O)O)=C[C@H](N)[C@H]1NC(C)=O.O=C(O)C(F)(F)F. The largest absolute Gasteiger partial charge is 0.490 e. The van der Waals surface area contributed by atoms with Crippen LogP contribution >= 0.6 is 0 Å². The molecule has 1 heterocycles. The van der Waals surface area contributed by atoms with E-state index in [0.717, 1.165) is 12.8 Å². The topological polar surface area (TPSA) is 159 Å². The number of aliphatic carboxylic acids is 2. The summed E-state index contributed by atoms with van der Waals surface area (Å²) in [5.41, 5.74) is 6.04. The van der Waals surface area contributed by atoms with Crippen LogP contribution in [0.2, 0.25) is 0 Å². The van der Waals surface area contributed by atoms with Crippen molar-refractivity contribution in [3.63, 3.8) is 0 Å². The van der Waals surface area contributed by atoms with Crippen molar-refractivity contribution in [2.75, 3.05) is 13.1 Å². The minimum absolute atomic E-state index is 0.321. The van der Waals surface area contributed by atoms with Gasteiger partial charge in [-0.25, -0.2) is 9.59 Å². The third-order valence-corrected chi connectivity index (χ3v) is 5.74. The molecule has 0 aromatic carbocycles. The zero-order chi connectivity index (χ0) is 26.8. The molecule has 3 atom stereocenters. The Hall–Kier alpha value is -2.83. The van der Waals surface area contributed by atoms with Crippen LogP contribution in [0.5, 0.6) is 0 Å². The van der Waals surface area contributed by atoms with Crippen LogP contribution in [0.25, 0.3) is 0 Å². The lowest BCUT2D eigenvalue weighted by molar-refractivity contribution is -0.192. The number of hydrogen-bond acceptors (Lipinski definition) is 6. The highest BCUT2D eigenvalue weighted by atomic mass is 19.4. The Labute approximate surface area is 201 Å². The second-order valence-electron chi connectivity index (χ2n) is 8.60. The number of nitrogens with two attached hydrogens (primary N) is 1. The fourth-order valence-corrected chi connectivity index (χ4v) is 4.06. The summed E-state index contributed by atoms with van der Waals surface area (Å²) in [5.74, 6) is -4.43. The van der Waals surface area contributed by atoms with Crippen molar-refractivity contribution in [2.45, 2.75) is 83.2 Å². The van der Waals surface area contributed by atoms with Crippen LogP contribution in [-0.2, 0) is 23.9 Å². The zero-order valence-electron chi connectivity index (χ0n) is 19.8. The number of carbonyl (C=O) groups excluding carboxylic acids is 2. The first kappa shape index (κ1) is 30.2. The minimum atomic E-state index is -5.08. The van der Waals surface area contributed by atoms with Crippen LogP contribution in [0.1, 0.15) is 58.8 Å². The van der Waals surface area contributed by atoms with Crippen LogP contribution in [-0.4, -0.2) is 76.3 Å². The number of carbonyl (C=O) groups is 4. The Morgan fingerprint density at radius 2 is 1.71 bits per heavy atom. The van der Waals surface area contributed by atoms with Crippen LogP contribution in [0.15, 0.2) is 11.8 Å². The maximum atomic E-state index is 13.2. The number of alkyl halides is 3. The van der Waals surface area contributed by atoms with Crippen LogP contribution in [0, 0.1) is 5.92 Å². The molecule has 0 aromatic heterocycles. The lowest BCUT2D eigenvalue weighted by atomic mass is 9.87. The van der Waals surface area contributed by atoms with Crippen molar-refractivity contribution in [1.29, 1.82) is 0 Å². The standard InChI is InChI=1S/C20H33N3O5.C2HF3O2/c1-3-10-23(11-9-14-7-5-4-6-8-14)19(25)18-17(22-13(2)24)15(21)12-16(28-18)20(26)27;3-2(4,5)1(6)7/h12,14-15,17-18H,3-11,21H2,1-2H3,(H,22,24)(H,26,27);(H,6,7)/t15-,17+,18+;/m0./s1. The number of halogens is 3. The molecule has 2 aliphatic rings. The number of nitrogens with zero attached hydrogens (tertiary/aromatic N) is 1. The van der Waals surface area contributed by atoms with Gasteiger partial charge in [0.15, 0.2) is 6.10 Å². The number of hydrogen-bond donors (Lipinski definition) is 4. The highest BCUT2D eigenvalue weighted by molar-refractivity contribution is 5.88.